The van der Waals surface area contributed by atoms with Crippen LogP contribution in [-0.4, -0.2) is 33.6 Å². The fourth-order valence-corrected chi connectivity index (χ4v) is 2.56. The predicted molar refractivity (Wildman–Crippen MR) is 80.9 cm³/mol. The van der Waals surface area contributed by atoms with Gasteiger partial charge in [0.05, 0.1) is 6.21 Å². The molecule has 1 aliphatic rings. The Kier molecular flexibility index (Phi) is 4.91. The Morgan fingerprint density at radius 2 is 2.15 bits per heavy atom. The molecule has 0 radical (unpaired) electrons. The van der Waals surface area contributed by atoms with Crippen molar-refractivity contribution in [3.05, 3.63) is 34.3 Å². The van der Waals surface area contributed by atoms with Crippen LogP contribution in [0.3, 0.4) is 0 Å². The van der Waals surface area contributed by atoms with Crippen molar-refractivity contribution in [2.24, 2.45) is 10.2 Å². The van der Waals surface area contributed by atoms with Gasteiger partial charge >= 0.3 is 5.97 Å². The summed E-state index contributed by atoms with van der Waals surface area (Å²) in [5.74, 6) is -1.40. The normalized spacial score (nSPS) is 21.1. The van der Waals surface area contributed by atoms with Crippen molar-refractivity contribution >= 4 is 51.0 Å². The largest absolute Gasteiger partial charge is 0.480 e. The second kappa shape index (κ2) is 6.67. The molecule has 0 spiro atoms. The highest BCUT2D eigenvalue weighted by molar-refractivity contribution is 9.10. The molecule has 1 aliphatic heterocycles. The number of halogens is 1. The topological polar surface area (TPSA) is 91.1 Å². The molecular weight excluding hydrogens is 346 g/mol. The molecule has 0 bridgehead atoms. The standard InChI is InChI=1S/C12H10BrN3O3S/c13-8-3-1-7(2-4-8)6-14-16-12-15-10(17)5-9(20-12)11(18)19/h1-4,6,9H,5H2,(H,18,19)(H,15,16,17)/t9-/m0/s1. The summed E-state index contributed by atoms with van der Waals surface area (Å²) in [6, 6.07) is 7.43. The number of nitrogens with zero attached hydrogens (tertiary/aromatic N) is 2. The molecule has 1 aromatic carbocycles. The van der Waals surface area contributed by atoms with E-state index in [2.05, 4.69) is 31.4 Å². The van der Waals surface area contributed by atoms with Gasteiger partial charge in [0.1, 0.15) is 5.25 Å². The van der Waals surface area contributed by atoms with Gasteiger partial charge < -0.3 is 10.4 Å². The van der Waals surface area contributed by atoms with E-state index >= 15 is 0 Å². The second-order valence-electron chi connectivity index (χ2n) is 3.90. The molecule has 0 unspecified atom stereocenters. The highest BCUT2D eigenvalue weighted by Crippen LogP contribution is 2.20. The van der Waals surface area contributed by atoms with E-state index in [1.807, 2.05) is 24.3 Å². The van der Waals surface area contributed by atoms with Gasteiger partial charge in [-0.25, -0.2) is 0 Å². The lowest BCUT2D eigenvalue weighted by Crippen LogP contribution is -2.40. The lowest BCUT2D eigenvalue weighted by Gasteiger charge is -2.18. The molecule has 20 heavy (non-hydrogen) atoms. The summed E-state index contributed by atoms with van der Waals surface area (Å²) in [7, 11) is 0. The van der Waals surface area contributed by atoms with Crippen LogP contribution in [0.4, 0.5) is 0 Å². The van der Waals surface area contributed by atoms with Crippen molar-refractivity contribution in [3.63, 3.8) is 0 Å². The molecule has 6 nitrogen and oxygen atoms in total. The highest BCUT2D eigenvalue weighted by atomic mass is 79.9. The zero-order valence-corrected chi connectivity index (χ0v) is 12.5. The molecule has 1 heterocycles. The zero-order chi connectivity index (χ0) is 14.5. The second-order valence-corrected chi connectivity index (χ2v) is 6.01. The average molecular weight is 356 g/mol. The first-order chi connectivity index (χ1) is 9.54. The number of carbonyl (C=O) groups excluding carboxylic acids is 1. The van der Waals surface area contributed by atoms with Crippen LogP contribution in [0.25, 0.3) is 0 Å². The molecular formula is C12H10BrN3O3S. The van der Waals surface area contributed by atoms with E-state index in [9.17, 15) is 9.59 Å². The fourth-order valence-electron chi connectivity index (χ4n) is 1.43. The van der Waals surface area contributed by atoms with E-state index < -0.39 is 11.2 Å². The first-order valence-electron chi connectivity index (χ1n) is 5.60. The molecule has 2 rings (SSSR count). The number of amidine groups is 1. The van der Waals surface area contributed by atoms with Crippen LogP contribution in [0.5, 0.6) is 0 Å². The number of nitrogens with one attached hydrogen (secondary N) is 1. The molecule has 104 valence electrons. The SMILES string of the molecule is O=C1C[C@@H](C(=O)O)SC(=NN=Cc2ccc(Br)cc2)N1. The van der Waals surface area contributed by atoms with Gasteiger partial charge in [0.15, 0.2) is 5.17 Å². The highest BCUT2D eigenvalue weighted by Gasteiger charge is 2.29. The van der Waals surface area contributed by atoms with E-state index in [0.717, 1.165) is 21.8 Å². The van der Waals surface area contributed by atoms with Crippen LogP contribution in [0.1, 0.15) is 12.0 Å². The van der Waals surface area contributed by atoms with Gasteiger partial charge in [0.2, 0.25) is 5.91 Å². The van der Waals surface area contributed by atoms with Crippen LogP contribution in [0.15, 0.2) is 38.9 Å². The number of rotatable bonds is 3. The molecule has 2 N–H and O–H groups in total. The van der Waals surface area contributed by atoms with Crippen molar-refractivity contribution in [2.45, 2.75) is 11.7 Å². The first kappa shape index (κ1) is 14.7. The Bertz CT molecular complexity index is 586. The zero-order valence-electron chi connectivity index (χ0n) is 10.1. The van der Waals surface area contributed by atoms with Gasteiger partial charge in [0.25, 0.3) is 0 Å². The Hall–Kier alpha value is -1.67. The minimum atomic E-state index is -1.03. The Balaban J connectivity index is 2.04. The van der Waals surface area contributed by atoms with Crippen molar-refractivity contribution in [3.8, 4) is 0 Å². The molecule has 1 saturated heterocycles. The molecule has 1 amide bonds. The van der Waals surface area contributed by atoms with Crippen molar-refractivity contribution in [1.29, 1.82) is 0 Å². The first-order valence-corrected chi connectivity index (χ1v) is 7.28. The molecule has 0 aliphatic carbocycles. The maximum atomic E-state index is 11.3. The number of benzene rings is 1. The molecule has 1 aromatic rings. The quantitative estimate of drug-likeness (QED) is 0.639. The molecule has 8 heteroatoms. The van der Waals surface area contributed by atoms with E-state index in [1.54, 1.807) is 0 Å². The van der Waals surface area contributed by atoms with Gasteiger partial charge in [-0.3, -0.25) is 9.59 Å². The molecule has 0 saturated carbocycles. The van der Waals surface area contributed by atoms with Crippen LogP contribution in [0.2, 0.25) is 0 Å². The lowest BCUT2D eigenvalue weighted by atomic mass is 10.2. The summed E-state index contributed by atoms with van der Waals surface area (Å²) in [5, 5.41) is 18.4. The summed E-state index contributed by atoms with van der Waals surface area (Å²) in [6.45, 7) is 0. The van der Waals surface area contributed by atoms with E-state index in [4.69, 9.17) is 5.11 Å². The van der Waals surface area contributed by atoms with E-state index in [-0.39, 0.29) is 17.5 Å². The van der Waals surface area contributed by atoms with Crippen molar-refractivity contribution < 1.29 is 14.7 Å². The maximum absolute atomic E-state index is 11.3. The number of hydrogen-bond acceptors (Lipinski definition) is 5. The third kappa shape index (κ3) is 4.17. The van der Waals surface area contributed by atoms with Crippen molar-refractivity contribution in [1.82, 2.24) is 5.32 Å². The molecule has 1 fully saturated rings. The number of carboxylic acid groups (broad SMARTS) is 1. The predicted octanol–water partition coefficient (Wildman–Crippen LogP) is 1.85. The number of aliphatic carboxylic acids is 1. The summed E-state index contributed by atoms with van der Waals surface area (Å²) in [5.41, 5.74) is 0.847. The number of amides is 1. The monoisotopic (exact) mass is 355 g/mol. The minimum absolute atomic E-state index is 0.0601. The van der Waals surface area contributed by atoms with Crippen LogP contribution in [-0.2, 0) is 9.59 Å². The Labute approximate surface area is 127 Å². The van der Waals surface area contributed by atoms with Crippen LogP contribution in [0, 0.1) is 0 Å². The molecule has 1 atom stereocenters. The Morgan fingerprint density at radius 1 is 1.45 bits per heavy atom. The maximum Gasteiger partial charge on any atom is 0.317 e. The van der Waals surface area contributed by atoms with Gasteiger partial charge in [-0.15, -0.1) is 5.10 Å². The van der Waals surface area contributed by atoms with Gasteiger partial charge in [-0.05, 0) is 17.7 Å². The fraction of sp³-hybridized carbons (Fsp3) is 0.167. The average Bonchev–Trinajstić information content (AvgIpc) is 2.40. The smallest absolute Gasteiger partial charge is 0.317 e. The molecule has 0 aromatic heterocycles. The number of hydrogen-bond donors (Lipinski definition) is 2. The lowest BCUT2D eigenvalue weighted by molar-refractivity contribution is -0.138. The minimum Gasteiger partial charge on any atom is -0.480 e. The van der Waals surface area contributed by atoms with E-state index in [1.165, 1.54) is 6.21 Å². The third-order valence-corrected chi connectivity index (χ3v) is 3.96. The Morgan fingerprint density at radius 3 is 2.80 bits per heavy atom. The summed E-state index contributed by atoms with van der Waals surface area (Å²) >= 11 is 4.30. The summed E-state index contributed by atoms with van der Waals surface area (Å²) in [4.78, 5) is 22.2. The number of carbonyl (C=O) groups is 2. The van der Waals surface area contributed by atoms with Gasteiger partial charge in [-0.2, -0.15) is 5.10 Å². The van der Waals surface area contributed by atoms with Crippen molar-refractivity contribution in [2.75, 3.05) is 0 Å². The number of thioether (sulfide) groups is 1. The van der Waals surface area contributed by atoms with Crippen LogP contribution >= 0.6 is 27.7 Å². The van der Waals surface area contributed by atoms with Crippen LogP contribution < -0.4 is 5.32 Å². The third-order valence-electron chi connectivity index (χ3n) is 2.37. The summed E-state index contributed by atoms with van der Waals surface area (Å²) < 4.78 is 0.959. The summed E-state index contributed by atoms with van der Waals surface area (Å²) in [6.07, 6.45) is 1.46. The van der Waals surface area contributed by atoms with Gasteiger partial charge in [0, 0.05) is 10.9 Å². The number of carboxylic acids is 1. The van der Waals surface area contributed by atoms with E-state index in [0.29, 0.717) is 0 Å². The van der Waals surface area contributed by atoms with Gasteiger partial charge in [-0.1, -0.05) is 39.8 Å².